The van der Waals surface area contributed by atoms with Crippen molar-refractivity contribution in [1.29, 1.82) is 0 Å². The lowest BCUT2D eigenvalue weighted by Gasteiger charge is -2.22. The molecule has 2 aromatic heterocycles. The molecular weight excluding hydrogens is 294 g/mol. The van der Waals surface area contributed by atoms with Crippen LogP contribution >= 0.6 is 0 Å². The Balaban J connectivity index is 1.95. The van der Waals surface area contributed by atoms with Crippen molar-refractivity contribution in [3.05, 3.63) is 66.9 Å². The second-order valence-corrected chi connectivity index (χ2v) is 7.17. The van der Waals surface area contributed by atoms with Gasteiger partial charge < -0.3 is 5.32 Å². The maximum Gasteiger partial charge on any atom is 0.139 e. The molecule has 4 aromatic rings. The third-order valence-corrected chi connectivity index (χ3v) is 4.05. The SMILES string of the molecule is CC(C)(C)Nc1c(-c2ccc3ccccc3c2)nc2ccccn12. The molecule has 3 nitrogen and oxygen atoms in total. The fourth-order valence-corrected chi connectivity index (χ4v) is 3.01. The zero-order chi connectivity index (χ0) is 16.7. The molecule has 4 rings (SSSR count). The van der Waals surface area contributed by atoms with E-state index in [0.29, 0.717) is 0 Å². The molecule has 0 fully saturated rings. The Hall–Kier alpha value is -2.81. The molecular formula is C21H21N3. The van der Waals surface area contributed by atoms with Gasteiger partial charge in [0.05, 0.1) is 0 Å². The zero-order valence-electron chi connectivity index (χ0n) is 14.2. The quantitative estimate of drug-likeness (QED) is 0.539. The first kappa shape index (κ1) is 14.8. The summed E-state index contributed by atoms with van der Waals surface area (Å²) in [6, 6.07) is 21.0. The Labute approximate surface area is 142 Å². The van der Waals surface area contributed by atoms with Crippen molar-refractivity contribution < 1.29 is 0 Å². The van der Waals surface area contributed by atoms with E-state index in [4.69, 9.17) is 4.98 Å². The molecule has 2 aromatic carbocycles. The third kappa shape index (κ3) is 2.62. The van der Waals surface area contributed by atoms with E-state index in [1.54, 1.807) is 0 Å². The van der Waals surface area contributed by atoms with E-state index in [1.807, 2.05) is 18.2 Å². The number of pyridine rings is 1. The first-order valence-corrected chi connectivity index (χ1v) is 8.26. The number of hydrogen-bond acceptors (Lipinski definition) is 2. The highest BCUT2D eigenvalue weighted by Gasteiger charge is 2.19. The van der Waals surface area contributed by atoms with Crippen molar-refractivity contribution in [1.82, 2.24) is 9.38 Å². The summed E-state index contributed by atoms with van der Waals surface area (Å²) in [6.45, 7) is 6.50. The van der Waals surface area contributed by atoms with E-state index in [0.717, 1.165) is 22.7 Å². The molecule has 0 aliphatic rings. The van der Waals surface area contributed by atoms with Gasteiger partial charge in [-0.2, -0.15) is 0 Å². The monoisotopic (exact) mass is 315 g/mol. The van der Waals surface area contributed by atoms with Gasteiger partial charge in [0.25, 0.3) is 0 Å². The van der Waals surface area contributed by atoms with E-state index in [2.05, 4.69) is 79.2 Å². The lowest BCUT2D eigenvalue weighted by molar-refractivity contribution is 0.629. The van der Waals surface area contributed by atoms with Crippen molar-refractivity contribution in [2.75, 3.05) is 5.32 Å². The van der Waals surface area contributed by atoms with Gasteiger partial charge in [0.15, 0.2) is 0 Å². The van der Waals surface area contributed by atoms with Crippen molar-refractivity contribution in [2.24, 2.45) is 0 Å². The summed E-state index contributed by atoms with van der Waals surface area (Å²) in [5, 5.41) is 6.10. The molecule has 0 aliphatic carbocycles. The zero-order valence-corrected chi connectivity index (χ0v) is 14.2. The number of fused-ring (bicyclic) bond motifs is 2. The number of hydrogen-bond donors (Lipinski definition) is 1. The molecule has 1 N–H and O–H groups in total. The minimum Gasteiger partial charge on any atom is -0.365 e. The summed E-state index contributed by atoms with van der Waals surface area (Å²) in [7, 11) is 0. The van der Waals surface area contributed by atoms with Gasteiger partial charge in [-0.3, -0.25) is 4.40 Å². The Morgan fingerprint density at radius 2 is 1.62 bits per heavy atom. The average molecular weight is 315 g/mol. The highest BCUT2D eigenvalue weighted by molar-refractivity contribution is 5.89. The van der Waals surface area contributed by atoms with Gasteiger partial charge in [-0.15, -0.1) is 0 Å². The first-order valence-electron chi connectivity index (χ1n) is 8.26. The van der Waals surface area contributed by atoms with Crippen LogP contribution in [-0.4, -0.2) is 14.9 Å². The predicted molar refractivity (Wildman–Crippen MR) is 102 cm³/mol. The number of imidazole rings is 1. The van der Waals surface area contributed by atoms with Crippen LogP contribution in [0.15, 0.2) is 66.9 Å². The van der Waals surface area contributed by atoms with Gasteiger partial charge in [0.2, 0.25) is 0 Å². The number of nitrogens with one attached hydrogen (secondary N) is 1. The van der Waals surface area contributed by atoms with Crippen LogP contribution in [0.1, 0.15) is 20.8 Å². The standard InChI is InChI=1S/C21H21N3/c1-21(2,3)23-20-19(22-18-10-6-7-13-24(18)20)17-12-11-15-8-4-5-9-16(15)14-17/h4-14,23H,1-3H3. The van der Waals surface area contributed by atoms with E-state index in [1.165, 1.54) is 10.8 Å². The molecule has 0 amide bonds. The molecule has 0 bridgehead atoms. The van der Waals surface area contributed by atoms with Crippen molar-refractivity contribution >= 4 is 22.2 Å². The van der Waals surface area contributed by atoms with Gasteiger partial charge in [-0.05, 0) is 49.7 Å². The van der Waals surface area contributed by atoms with Crippen LogP contribution in [0.2, 0.25) is 0 Å². The van der Waals surface area contributed by atoms with E-state index in [-0.39, 0.29) is 5.54 Å². The fraction of sp³-hybridized carbons (Fsp3) is 0.190. The summed E-state index contributed by atoms with van der Waals surface area (Å²) in [6.07, 6.45) is 2.06. The lowest BCUT2D eigenvalue weighted by Crippen LogP contribution is -2.27. The summed E-state index contributed by atoms with van der Waals surface area (Å²) in [5.74, 6) is 1.04. The van der Waals surface area contributed by atoms with E-state index in [9.17, 15) is 0 Å². The Morgan fingerprint density at radius 3 is 2.42 bits per heavy atom. The molecule has 0 unspecified atom stereocenters. The molecule has 120 valence electrons. The molecule has 0 atom stereocenters. The predicted octanol–water partition coefficient (Wildman–Crippen LogP) is 5.36. The minimum absolute atomic E-state index is 0.0442. The number of rotatable bonds is 2. The lowest BCUT2D eigenvalue weighted by atomic mass is 10.0. The minimum atomic E-state index is -0.0442. The number of anilines is 1. The van der Waals surface area contributed by atoms with Gasteiger partial charge in [0.1, 0.15) is 17.2 Å². The van der Waals surface area contributed by atoms with Crippen molar-refractivity contribution in [2.45, 2.75) is 26.3 Å². The molecule has 2 heterocycles. The van der Waals surface area contributed by atoms with Crippen molar-refractivity contribution in [3.8, 4) is 11.3 Å². The maximum atomic E-state index is 4.87. The number of nitrogens with zero attached hydrogens (tertiary/aromatic N) is 2. The molecule has 24 heavy (non-hydrogen) atoms. The topological polar surface area (TPSA) is 29.3 Å². The highest BCUT2D eigenvalue weighted by Crippen LogP contribution is 2.32. The van der Waals surface area contributed by atoms with Gasteiger partial charge in [-0.25, -0.2) is 4.98 Å². The van der Waals surface area contributed by atoms with Crippen molar-refractivity contribution in [3.63, 3.8) is 0 Å². The Morgan fingerprint density at radius 1 is 0.875 bits per heavy atom. The average Bonchev–Trinajstić information content (AvgIpc) is 2.91. The Kier molecular flexibility index (Phi) is 3.31. The fourth-order valence-electron chi connectivity index (χ4n) is 3.01. The maximum absolute atomic E-state index is 4.87. The highest BCUT2D eigenvalue weighted by atomic mass is 15.2. The van der Waals surface area contributed by atoms with Crippen LogP contribution in [0.4, 0.5) is 5.82 Å². The molecule has 3 heteroatoms. The molecule has 0 saturated heterocycles. The van der Waals surface area contributed by atoms with E-state index < -0.39 is 0 Å². The van der Waals surface area contributed by atoms with Crippen LogP contribution in [-0.2, 0) is 0 Å². The number of aromatic nitrogens is 2. The third-order valence-electron chi connectivity index (χ3n) is 4.05. The van der Waals surface area contributed by atoms with Gasteiger partial charge in [0, 0.05) is 17.3 Å². The summed E-state index contributed by atoms with van der Waals surface area (Å²) < 4.78 is 2.12. The summed E-state index contributed by atoms with van der Waals surface area (Å²) in [4.78, 5) is 4.87. The van der Waals surface area contributed by atoms with Gasteiger partial charge >= 0.3 is 0 Å². The summed E-state index contributed by atoms with van der Waals surface area (Å²) in [5.41, 5.74) is 3.02. The normalized spacial score (nSPS) is 12.0. The smallest absolute Gasteiger partial charge is 0.139 e. The molecule has 0 spiro atoms. The molecule has 0 radical (unpaired) electrons. The largest absolute Gasteiger partial charge is 0.365 e. The van der Waals surface area contributed by atoms with Crippen LogP contribution in [0.25, 0.3) is 27.7 Å². The van der Waals surface area contributed by atoms with Crippen LogP contribution in [0, 0.1) is 0 Å². The molecule has 0 aliphatic heterocycles. The Bertz CT molecular complexity index is 1020. The van der Waals surface area contributed by atoms with Crippen LogP contribution in [0.3, 0.4) is 0 Å². The van der Waals surface area contributed by atoms with E-state index >= 15 is 0 Å². The first-order chi connectivity index (χ1) is 11.5. The van der Waals surface area contributed by atoms with Crippen LogP contribution in [0.5, 0.6) is 0 Å². The van der Waals surface area contributed by atoms with Gasteiger partial charge in [-0.1, -0.05) is 42.5 Å². The summed E-state index contributed by atoms with van der Waals surface area (Å²) >= 11 is 0. The second kappa shape index (κ2) is 5.38. The second-order valence-electron chi connectivity index (χ2n) is 7.17. The number of benzene rings is 2. The van der Waals surface area contributed by atoms with Crippen LogP contribution < -0.4 is 5.32 Å². The molecule has 0 saturated carbocycles.